The van der Waals surface area contributed by atoms with Crippen LogP contribution in [0.2, 0.25) is 0 Å². The van der Waals surface area contributed by atoms with Gasteiger partial charge in [0.2, 0.25) is 12.7 Å². The van der Waals surface area contributed by atoms with E-state index in [0.29, 0.717) is 12.5 Å². The minimum absolute atomic E-state index is 0.266. The van der Waals surface area contributed by atoms with Crippen molar-refractivity contribution in [2.24, 2.45) is 7.05 Å². The molecule has 2 aliphatic heterocycles. The number of aryl methyl sites for hydroxylation is 1. The van der Waals surface area contributed by atoms with Gasteiger partial charge in [-0.25, -0.2) is 4.68 Å². The van der Waals surface area contributed by atoms with Crippen molar-refractivity contribution in [1.29, 1.82) is 0 Å². The maximum Gasteiger partial charge on any atom is 0.231 e. The first-order valence-electron chi connectivity index (χ1n) is 10.9. The molecule has 4 aromatic rings. The maximum absolute atomic E-state index is 5.49. The van der Waals surface area contributed by atoms with Gasteiger partial charge >= 0.3 is 0 Å². The summed E-state index contributed by atoms with van der Waals surface area (Å²) in [4.78, 5) is 12.0. The first-order chi connectivity index (χ1) is 16.2. The average Bonchev–Trinajstić information content (AvgIpc) is 3.44. The van der Waals surface area contributed by atoms with E-state index in [9.17, 15) is 0 Å². The van der Waals surface area contributed by atoms with E-state index in [0.717, 1.165) is 64.9 Å². The lowest BCUT2D eigenvalue weighted by molar-refractivity contribution is 0.174. The number of hydrogen-bond acceptors (Lipinski definition) is 8. The Bertz CT molecular complexity index is 1330. The number of aromatic nitrogens is 4. The molecule has 9 nitrogen and oxygen atoms in total. The fourth-order valence-corrected chi connectivity index (χ4v) is 4.38. The molecule has 2 aromatic heterocycles. The van der Waals surface area contributed by atoms with Crippen molar-refractivity contribution >= 4 is 22.8 Å². The molecular weight excluding hydrogens is 420 g/mol. The number of anilines is 2. The Morgan fingerprint density at radius 3 is 2.70 bits per heavy atom. The molecule has 0 radical (unpaired) electrons. The van der Waals surface area contributed by atoms with Crippen LogP contribution in [0.3, 0.4) is 0 Å². The molecule has 1 N–H and O–H groups in total. The number of rotatable bonds is 6. The van der Waals surface area contributed by atoms with E-state index in [1.165, 1.54) is 5.56 Å². The van der Waals surface area contributed by atoms with Gasteiger partial charge in [-0.3, -0.25) is 0 Å². The molecule has 0 aliphatic carbocycles. The molecule has 0 saturated heterocycles. The fraction of sp³-hybridized carbons (Fsp3) is 0.292. The monoisotopic (exact) mass is 444 g/mol. The Balaban J connectivity index is 1.30. The van der Waals surface area contributed by atoms with Crippen molar-refractivity contribution < 1.29 is 14.2 Å². The molecular formula is C24H24N6O3. The Morgan fingerprint density at radius 2 is 1.85 bits per heavy atom. The summed E-state index contributed by atoms with van der Waals surface area (Å²) >= 11 is 0. The molecule has 0 atom stereocenters. The number of methoxy groups -OCH3 is 1. The van der Waals surface area contributed by atoms with Crippen LogP contribution in [0.5, 0.6) is 17.2 Å². The second kappa shape index (κ2) is 7.84. The van der Waals surface area contributed by atoms with E-state index in [-0.39, 0.29) is 6.79 Å². The molecule has 4 heterocycles. The second-order valence-corrected chi connectivity index (χ2v) is 8.20. The number of fused-ring (bicyclic) bond motifs is 1. The van der Waals surface area contributed by atoms with E-state index in [1.807, 2.05) is 42.1 Å². The lowest BCUT2D eigenvalue weighted by Crippen LogP contribution is -2.29. The lowest BCUT2D eigenvalue weighted by Gasteiger charge is -2.28. The number of hydrogen-bond donors (Lipinski definition) is 1. The van der Waals surface area contributed by atoms with E-state index in [1.54, 1.807) is 7.11 Å². The Kier molecular flexibility index (Phi) is 4.67. The summed E-state index contributed by atoms with van der Waals surface area (Å²) in [6.45, 7) is 2.45. The average molecular weight is 444 g/mol. The van der Waals surface area contributed by atoms with Gasteiger partial charge in [0.05, 0.1) is 18.2 Å². The van der Waals surface area contributed by atoms with Crippen LogP contribution in [0.15, 0.2) is 42.5 Å². The minimum Gasteiger partial charge on any atom is -0.497 e. The van der Waals surface area contributed by atoms with Crippen molar-refractivity contribution in [2.45, 2.75) is 19.5 Å². The van der Waals surface area contributed by atoms with E-state index in [4.69, 9.17) is 29.3 Å². The van der Waals surface area contributed by atoms with Gasteiger partial charge in [0.1, 0.15) is 11.6 Å². The topological polar surface area (TPSA) is 86.6 Å². The van der Waals surface area contributed by atoms with Crippen molar-refractivity contribution in [1.82, 2.24) is 19.7 Å². The quantitative estimate of drug-likeness (QED) is 0.485. The van der Waals surface area contributed by atoms with Crippen LogP contribution in [-0.2, 0) is 26.6 Å². The summed E-state index contributed by atoms with van der Waals surface area (Å²) in [5.74, 6) is 3.89. The van der Waals surface area contributed by atoms with Crippen LogP contribution < -0.4 is 24.4 Å². The molecule has 0 spiro atoms. The second-order valence-electron chi connectivity index (χ2n) is 8.20. The lowest BCUT2D eigenvalue weighted by atomic mass is 10.1. The molecule has 0 fully saturated rings. The highest BCUT2D eigenvalue weighted by Gasteiger charge is 2.26. The van der Waals surface area contributed by atoms with Crippen molar-refractivity contribution in [3.8, 4) is 17.2 Å². The number of nitrogens with zero attached hydrogens (tertiary/aromatic N) is 5. The number of nitrogens with one attached hydrogen (secondary N) is 1. The summed E-state index contributed by atoms with van der Waals surface area (Å²) in [6, 6.07) is 14.1. The molecule has 168 valence electrons. The van der Waals surface area contributed by atoms with Gasteiger partial charge in [-0.05, 0) is 35.4 Å². The van der Waals surface area contributed by atoms with Crippen LogP contribution in [0.1, 0.15) is 16.8 Å². The van der Waals surface area contributed by atoms with Gasteiger partial charge in [-0.2, -0.15) is 15.1 Å². The van der Waals surface area contributed by atoms with Crippen LogP contribution in [-0.4, -0.2) is 40.2 Å². The van der Waals surface area contributed by atoms with Gasteiger partial charge < -0.3 is 24.4 Å². The largest absolute Gasteiger partial charge is 0.497 e. The SMILES string of the molecule is COc1ccc(CN2CCc3nn(C)c4nc(NCc5ccc6c(c5)OCO6)nc2c34)cc1. The summed E-state index contributed by atoms with van der Waals surface area (Å²) in [5, 5.41) is 9.11. The maximum atomic E-state index is 5.49. The predicted molar refractivity (Wildman–Crippen MR) is 124 cm³/mol. The third kappa shape index (κ3) is 3.55. The highest BCUT2D eigenvalue weighted by molar-refractivity contribution is 5.92. The highest BCUT2D eigenvalue weighted by atomic mass is 16.7. The smallest absolute Gasteiger partial charge is 0.231 e. The molecule has 9 heteroatoms. The van der Waals surface area contributed by atoms with E-state index in [2.05, 4.69) is 22.3 Å². The van der Waals surface area contributed by atoms with Crippen molar-refractivity contribution in [3.05, 3.63) is 59.3 Å². The molecule has 6 rings (SSSR count). The molecule has 2 aromatic carbocycles. The van der Waals surface area contributed by atoms with Crippen LogP contribution in [0.25, 0.3) is 11.0 Å². The summed E-state index contributed by atoms with van der Waals surface area (Å²) in [7, 11) is 3.61. The Hall–Kier alpha value is -4.01. The number of benzene rings is 2. The first kappa shape index (κ1) is 19.7. The summed E-state index contributed by atoms with van der Waals surface area (Å²) in [6.07, 6.45) is 0.869. The van der Waals surface area contributed by atoms with E-state index < -0.39 is 0 Å². The summed E-state index contributed by atoms with van der Waals surface area (Å²) < 4.78 is 18.0. The van der Waals surface area contributed by atoms with Crippen molar-refractivity contribution in [2.75, 3.05) is 30.7 Å². The zero-order chi connectivity index (χ0) is 22.4. The normalized spacial score (nSPS) is 14.1. The Morgan fingerprint density at radius 1 is 1.03 bits per heavy atom. The molecule has 0 unspecified atom stereocenters. The third-order valence-electron chi connectivity index (χ3n) is 6.07. The zero-order valence-electron chi connectivity index (χ0n) is 18.5. The zero-order valence-corrected chi connectivity index (χ0v) is 18.5. The van der Waals surface area contributed by atoms with Crippen LogP contribution in [0.4, 0.5) is 11.8 Å². The third-order valence-corrected chi connectivity index (χ3v) is 6.07. The van der Waals surface area contributed by atoms with Gasteiger partial charge in [0.25, 0.3) is 0 Å². The van der Waals surface area contributed by atoms with Crippen LogP contribution >= 0.6 is 0 Å². The van der Waals surface area contributed by atoms with Gasteiger partial charge in [0.15, 0.2) is 17.1 Å². The highest BCUT2D eigenvalue weighted by Crippen LogP contribution is 2.34. The van der Waals surface area contributed by atoms with Crippen molar-refractivity contribution in [3.63, 3.8) is 0 Å². The van der Waals surface area contributed by atoms with Gasteiger partial charge in [-0.1, -0.05) is 18.2 Å². The molecule has 0 saturated carbocycles. The van der Waals surface area contributed by atoms with Crippen LogP contribution in [0, 0.1) is 0 Å². The fourth-order valence-electron chi connectivity index (χ4n) is 4.38. The standard InChI is InChI=1S/C24H24N6O3/c1-29-22-21-18(28-29)9-10-30(13-15-3-6-17(31-2)7-4-15)23(21)27-24(26-22)25-12-16-5-8-19-20(11-16)33-14-32-19/h3-8,11H,9-10,12-14H2,1-2H3,(H,25,26,27). The Labute approximate surface area is 190 Å². The molecule has 33 heavy (non-hydrogen) atoms. The molecule has 0 amide bonds. The van der Waals surface area contributed by atoms with Gasteiger partial charge in [0, 0.05) is 33.1 Å². The summed E-state index contributed by atoms with van der Waals surface area (Å²) in [5.41, 5.74) is 4.15. The molecule has 0 bridgehead atoms. The van der Waals surface area contributed by atoms with E-state index >= 15 is 0 Å². The molecule has 2 aliphatic rings. The first-order valence-corrected chi connectivity index (χ1v) is 10.9. The van der Waals surface area contributed by atoms with Gasteiger partial charge in [-0.15, -0.1) is 0 Å². The number of ether oxygens (including phenoxy) is 3. The minimum atomic E-state index is 0.266. The predicted octanol–water partition coefficient (Wildman–Crippen LogP) is 3.28.